The molecule has 0 aliphatic rings. The van der Waals surface area contributed by atoms with Gasteiger partial charge in [-0.1, -0.05) is 0 Å². The molecule has 1 aromatic heterocycles. The molecule has 0 unspecified atom stereocenters. The number of rotatable bonds is 7. The third kappa shape index (κ3) is 4.74. The van der Waals surface area contributed by atoms with Crippen molar-refractivity contribution < 1.29 is 4.74 Å². The van der Waals surface area contributed by atoms with Gasteiger partial charge in [0.05, 0.1) is 6.61 Å². The summed E-state index contributed by atoms with van der Waals surface area (Å²) in [7, 11) is 0. The highest BCUT2D eigenvalue weighted by molar-refractivity contribution is 5.30. The molecule has 0 aliphatic carbocycles. The number of anilines is 1. The lowest BCUT2D eigenvalue weighted by Gasteiger charge is -2.04. The summed E-state index contributed by atoms with van der Waals surface area (Å²) in [5.41, 5.74) is 5.28. The zero-order valence-electron chi connectivity index (χ0n) is 8.15. The van der Waals surface area contributed by atoms with Crippen molar-refractivity contribution >= 4 is 5.82 Å². The van der Waals surface area contributed by atoms with E-state index in [2.05, 4.69) is 15.3 Å². The number of nitrogens with one attached hydrogen (secondary N) is 1. The normalized spacial score (nSPS) is 10.1. The van der Waals surface area contributed by atoms with E-state index < -0.39 is 0 Å². The molecule has 0 saturated heterocycles. The highest BCUT2D eigenvalue weighted by atomic mass is 16.5. The van der Waals surface area contributed by atoms with Crippen LogP contribution in [0.25, 0.3) is 0 Å². The van der Waals surface area contributed by atoms with Gasteiger partial charge in [-0.05, 0) is 12.5 Å². The van der Waals surface area contributed by atoms with Crippen LogP contribution in [-0.4, -0.2) is 36.3 Å². The maximum Gasteiger partial charge on any atom is 0.129 e. The minimum atomic E-state index is 0.583. The van der Waals surface area contributed by atoms with Crippen molar-refractivity contribution in [3.05, 3.63) is 18.6 Å². The second-order valence-corrected chi connectivity index (χ2v) is 2.78. The Morgan fingerprint density at radius 3 is 3.07 bits per heavy atom. The number of hydrogen-bond acceptors (Lipinski definition) is 5. The maximum absolute atomic E-state index is 5.28. The van der Waals surface area contributed by atoms with E-state index in [-0.39, 0.29) is 0 Å². The average Bonchev–Trinajstić information content (AvgIpc) is 2.25. The molecule has 0 atom stereocenters. The largest absolute Gasteiger partial charge is 0.380 e. The second-order valence-electron chi connectivity index (χ2n) is 2.78. The molecule has 78 valence electrons. The summed E-state index contributed by atoms with van der Waals surface area (Å²) in [5, 5.41) is 3.16. The number of hydrogen-bond donors (Lipinski definition) is 2. The van der Waals surface area contributed by atoms with Crippen molar-refractivity contribution in [2.45, 2.75) is 6.42 Å². The first-order valence-electron chi connectivity index (χ1n) is 4.71. The van der Waals surface area contributed by atoms with Gasteiger partial charge in [-0.2, -0.15) is 0 Å². The van der Waals surface area contributed by atoms with Crippen LogP contribution in [0.2, 0.25) is 0 Å². The molecule has 5 nitrogen and oxygen atoms in total. The van der Waals surface area contributed by atoms with E-state index in [1.54, 1.807) is 6.20 Å². The first kappa shape index (κ1) is 10.9. The molecule has 0 saturated carbocycles. The molecule has 3 N–H and O–H groups in total. The summed E-state index contributed by atoms with van der Waals surface area (Å²) in [6, 6.07) is 1.83. The van der Waals surface area contributed by atoms with E-state index in [4.69, 9.17) is 10.5 Å². The summed E-state index contributed by atoms with van der Waals surface area (Å²) in [6.45, 7) is 2.80. The summed E-state index contributed by atoms with van der Waals surface area (Å²) in [5.74, 6) is 0.846. The zero-order chi connectivity index (χ0) is 10.1. The fourth-order valence-corrected chi connectivity index (χ4v) is 0.971. The van der Waals surface area contributed by atoms with E-state index in [1.807, 2.05) is 6.07 Å². The van der Waals surface area contributed by atoms with Gasteiger partial charge in [-0.15, -0.1) is 0 Å². The van der Waals surface area contributed by atoms with E-state index >= 15 is 0 Å². The molecule has 0 spiro atoms. The van der Waals surface area contributed by atoms with Gasteiger partial charge in [0.1, 0.15) is 12.1 Å². The quantitative estimate of drug-likeness (QED) is 0.612. The van der Waals surface area contributed by atoms with Crippen molar-refractivity contribution in [1.82, 2.24) is 9.97 Å². The molecule has 0 bridgehead atoms. The van der Waals surface area contributed by atoms with Crippen molar-refractivity contribution in [1.29, 1.82) is 0 Å². The summed E-state index contributed by atoms with van der Waals surface area (Å²) in [4.78, 5) is 7.85. The van der Waals surface area contributed by atoms with Crippen LogP contribution in [0.4, 0.5) is 5.82 Å². The van der Waals surface area contributed by atoms with Crippen LogP contribution in [0.15, 0.2) is 18.6 Å². The third-order valence-electron chi connectivity index (χ3n) is 1.62. The molecule has 0 amide bonds. The van der Waals surface area contributed by atoms with E-state index in [1.165, 1.54) is 6.33 Å². The van der Waals surface area contributed by atoms with Gasteiger partial charge in [0, 0.05) is 25.9 Å². The highest BCUT2D eigenvalue weighted by Gasteiger charge is 1.91. The van der Waals surface area contributed by atoms with Crippen LogP contribution in [0.3, 0.4) is 0 Å². The van der Waals surface area contributed by atoms with Crippen molar-refractivity contribution in [3.8, 4) is 0 Å². The smallest absolute Gasteiger partial charge is 0.129 e. The second kappa shape index (κ2) is 7.23. The predicted octanol–water partition coefficient (Wildman–Crippen LogP) is 0.254. The lowest BCUT2D eigenvalue weighted by molar-refractivity contribution is 0.141. The van der Waals surface area contributed by atoms with Gasteiger partial charge in [-0.25, -0.2) is 9.97 Å². The monoisotopic (exact) mass is 196 g/mol. The molecule has 0 aromatic carbocycles. The number of aromatic nitrogens is 2. The van der Waals surface area contributed by atoms with Crippen LogP contribution in [0, 0.1) is 0 Å². The Bertz CT molecular complexity index is 230. The number of ether oxygens (including phenoxy) is 1. The Morgan fingerprint density at radius 1 is 1.43 bits per heavy atom. The van der Waals surface area contributed by atoms with Gasteiger partial charge in [0.25, 0.3) is 0 Å². The molecule has 1 heterocycles. The summed E-state index contributed by atoms with van der Waals surface area (Å²) >= 11 is 0. The van der Waals surface area contributed by atoms with Crippen LogP contribution in [-0.2, 0) is 4.74 Å². The fourth-order valence-electron chi connectivity index (χ4n) is 0.971. The Balaban J connectivity index is 1.99. The van der Waals surface area contributed by atoms with Crippen LogP contribution in [0.1, 0.15) is 6.42 Å². The highest BCUT2D eigenvalue weighted by Crippen LogP contribution is 1.97. The van der Waals surface area contributed by atoms with Gasteiger partial charge >= 0.3 is 0 Å². The molecule has 14 heavy (non-hydrogen) atoms. The maximum atomic E-state index is 5.28. The molecule has 0 aliphatic heterocycles. The number of nitrogens with two attached hydrogens (primary N) is 1. The Hall–Kier alpha value is -1.20. The van der Waals surface area contributed by atoms with E-state index in [0.717, 1.165) is 25.4 Å². The Kier molecular flexibility index (Phi) is 5.62. The number of nitrogens with zero attached hydrogens (tertiary/aromatic N) is 2. The fraction of sp³-hybridized carbons (Fsp3) is 0.556. The molecule has 0 fully saturated rings. The molecule has 1 aromatic rings. The van der Waals surface area contributed by atoms with Crippen LogP contribution < -0.4 is 11.1 Å². The summed E-state index contributed by atoms with van der Waals surface area (Å²) < 4.78 is 5.22. The molecule has 1 rings (SSSR count). The third-order valence-corrected chi connectivity index (χ3v) is 1.62. The minimum absolute atomic E-state index is 0.583. The SMILES string of the molecule is NCCOCCCNc1ccncn1. The molecular formula is C9H16N4O. The standard InChI is InChI=1S/C9H16N4O/c10-3-7-14-6-1-4-12-9-2-5-11-8-13-9/h2,5,8H,1,3-4,6-7,10H2,(H,11,12,13). The van der Waals surface area contributed by atoms with Gasteiger partial charge < -0.3 is 15.8 Å². The van der Waals surface area contributed by atoms with Crippen LogP contribution >= 0.6 is 0 Å². The molecule has 5 heteroatoms. The predicted molar refractivity (Wildman–Crippen MR) is 55.0 cm³/mol. The first-order chi connectivity index (χ1) is 6.93. The molecule has 0 radical (unpaired) electrons. The van der Waals surface area contributed by atoms with Gasteiger partial charge in [0.15, 0.2) is 0 Å². The van der Waals surface area contributed by atoms with Gasteiger partial charge in [-0.3, -0.25) is 0 Å². The Labute approximate surface area is 83.7 Å². The topological polar surface area (TPSA) is 73.1 Å². The van der Waals surface area contributed by atoms with Gasteiger partial charge in [0.2, 0.25) is 0 Å². The lowest BCUT2D eigenvalue weighted by atomic mass is 10.4. The minimum Gasteiger partial charge on any atom is -0.380 e. The lowest BCUT2D eigenvalue weighted by Crippen LogP contribution is -2.11. The zero-order valence-corrected chi connectivity index (χ0v) is 8.15. The van der Waals surface area contributed by atoms with Crippen LogP contribution in [0.5, 0.6) is 0 Å². The van der Waals surface area contributed by atoms with Crippen molar-refractivity contribution in [2.24, 2.45) is 5.73 Å². The summed E-state index contributed by atoms with van der Waals surface area (Å²) in [6.07, 6.45) is 4.18. The average molecular weight is 196 g/mol. The van der Waals surface area contributed by atoms with E-state index in [0.29, 0.717) is 13.2 Å². The first-order valence-corrected chi connectivity index (χ1v) is 4.71. The van der Waals surface area contributed by atoms with Crippen molar-refractivity contribution in [3.63, 3.8) is 0 Å². The molecular weight excluding hydrogens is 180 g/mol. The van der Waals surface area contributed by atoms with Crippen molar-refractivity contribution in [2.75, 3.05) is 31.6 Å². The van der Waals surface area contributed by atoms with E-state index in [9.17, 15) is 0 Å². The Morgan fingerprint density at radius 2 is 2.36 bits per heavy atom.